The molecule has 15 heavy (non-hydrogen) atoms. The van der Waals surface area contributed by atoms with Gasteiger partial charge in [-0.2, -0.15) is 5.10 Å². The molecule has 0 amide bonds. The fourth-order valence-corrected chi connectivity index (χ4v) is 1.80. The number of nitrogens with zero attached hydrogens (tertiary/aromatic N) is 3. The van der Waals surface area contributed by atoms with Gasteiger partial charge in [-0.25, -0.2) is 0 Å². The number of aromatic nitrogens is 2. The number of anilines is 2. The van der Waals surface area contributed by atoms with Crippen LogP contribution in [0.25, 0.3) is 0 Å². The maximum Gasteiger partial charge on any atom is 0.150 e. The molecular weight excluding hydrogens is 188 g/mol. The van der Waals surface area contributed by atoms with Crippen LogP contribution in [0.4, 0.5) is 11.5 Å². The summed E-state index contributed by atoms with van der Waals surface area (Å²) < 4.78 is 1.85. The van der Waals surface area contributed by atoms with Gasteiger partial charge < -0.3 is 10.6 Å². The number of nitrogen functional groups attached to an aromatic ring is 1. The fraction of sp³-hybridized carbons (Fsp3) is 0.727. The van der Waals surface area contributed by atoms with Crippen molar-refractivity contribution in [3.8, 4) is 0 Å². The number of aryl methyl sites for hydroxylation is 2. The molecule has 4 heteroatoms. The second kappa shape index (κ2) is 4.55. The lowest BCUT2D eigenvalue weighted by Crippen LogP contribution is -2.26. The number of rotatable bonds is 4. The first kappa shape index (κ1) is 11.9. The van der Waals surface area contributed by atoms with Crippen molar-refractivity contribution in [2.45, 2.75) is 27.2 Å². The predicted octanol–water partition coefficient (Wildman–Crippen LogP) is 1.79. The summed E-state index contributed by atoms with van der Waals surface area (Å²) in [6, 6.07) is 0. The summed E-state index contributed by atoms with van der Waals surface area (Å²) >= 11 is 0. The zero-order valence-corrected chi connectivity index (χ0v) is 10.4. The molecule has 0 radical (unpaired) electrons. The van der Waals surface area contributed by atoms with Crippen LogP contribution in [0.15, 0.2) is 0 Å². The Morgan fingerprint density at radius 3 is 2.53 bits per heavy atom. The van der Waals surface area contributed by atoms with Gasteiger partial charge in [0.05, 0.1) is 11.4 Å². The van der Waals surface area contributed by atoms with Crippen molar-refractivity contribution in [1.82, 2.24) is 9.78 Å². The van der Waals surface area contributed by atoms with Crippen LogP contribution in [0.3, 0.4) is 0 Å². The minimum Gasteiger partial charge on any atom is -0.394 e. The quantitative estimate of drug-likeness (QED) is 0.824. The standard InChI is InChI=1S/C11H22N4/c1-6-8(2)7-14(4)11-10(12)9(3)13-15(11)5/h8H,6-7,12H2,1-5H3. The van der Waals surface area contributed by atoms with Gasteiger partial charge in [0.1, 0.15) is 5.82 Å². The zero-order chi connectivity index (χ0) is 11.6. The lowest BCUT2D eigenvalue weighted by atomic mass is 10.1. The van der Waals surface area contributed by atoms with E-state index in [-0.39, 0.29) is 0 Å². The molecule has 0 aliphatic carbocycles. The molecule has 86 valence electrons. The van der Waals surface area contributed by atoms with Gasteiger partial charge in [-0.1, -0.05) is 20.3 Å². The second-order valence-electron chi connectivity index (χ2n) is 4.34. The van der Waals surface area contributed by atoms with Gasteiger partial charge in [0, 0.05) is 20.6 Å². The van der Waals surface area contributed by atoms with E-state index >= 15 is 0 Å². The molecule has 4 nitrogen and oxygen atoms in total. The maximum absolute atomic E-state index is 6.00. The SMILES string of the molecule is CCC(C)CN(C)c1c(N)c(C)nn1C. The summed E-state index contributed by atoms with van der Waals surface area (Å²) in [6.07, 6.45) is 1.18. The van der Waals surface area contributed by atoms with E-state index in [1.165, 1.54) is 6.42 Å². The van der Waals surface area contributed by atoms with Crippen LogP contribution in [0.1, 0.15) is 26.0 Å². The summed E-state index contributed by atoms with van der Waals surface area (Å²) in [7, 11) is 4.00. The van der Waals surface area contributed by atoms with Crippen molar-refractivity contribution in [2.75, 3.05) is 24.2 Å². The van der Waals surface area contributed by atoms with Gasteiger partial charge in [0.2, 0.25) is 0 Å². The van der Waals surface area contributed by atoms with E-state index in [4.69, 9.17) is 5.73 Å². The topological polar surface area (TPSA) is 47.1 Å². The molecule has 0 fully saturated rings. The highest BCUT2D eigenvalue weighted by Gasteiger charge is 2.15. The molecule has 2 N–H and O–H groups in total. The highest BCUT2D eigenvalue weighted by Crippen LogP contribution is 2.25. The van der Waals surface area contributed by atoms with Crippen LogP contribution < -0.4 is 10.6 Å². The van der Waals surface area contributed by atoms with Gasteiger partial charge in [0.25, 0.3) is 0 Å². The third-order valence-electron chi connectivity index (χ3n) is 2.88. The van der Waals surface area contributed by atoms with E-state index in [0.29, 0.717) is 5.92 Å². The van der Waals surface area contributed by atoms with Crippen molar-refractivity contribution in [3.63, 3.8) is 0 Å². The molecule has 0 aliphatic rings. The first-order valence-electron chi connectivity index (χ1n) is 5.47. The molecule has 0 bridgehead atoms. The van der Waals surface area contributed by atoms with Crippen LogP contribution in [-0.2, 0) is 7.05 Å². The molecule has 1 heterocycles. The Labute approximate surface area is 92.1 Å². The van der Waals surface area contributed by atoms with Gasteiger partial charge >= 0.3 is 0 Å². The largest absolute Gasteiger partial charge is 0.394 e. The lowest BCUT2D eigenvalue weighted by Gasteiger charge is -2.23. The van der Waals surface area contributed by atoms with E-state index in [2.05, 4.69) is 30.9 Å². The summed E-state index contributed by atoms with van der Waals surface area (Å²) in [4.78, 5) is 2.18. The number of hydrogen-bond donors (Lipinski definition) is 1. The van der Waals surface area contributed by atoms with Crippen molar-refractivity contribution < 1.29 is 0 Å². The molecule has 1 atom stereocenters. The average Bonchev–Trinajstić information content (AvgIpc) is 2.41. The molecule has 1 aromatic heterocycles. The summed E-state index contributed by atoms with van der Waals surface area (Å²) in [5.41, 5.74) is 7.70. The Kier molecular flexibility index (Phi) is 3.61. The van der Waals surface area contributed by atoms with E-state index in [0.717, 1.165) is 23.7 Å². The Balaban J connectivity index is 2.86. The van der Waals surface area contributed by atoms with Gasteiger partial charge in [0.15, 0.2) is 0 Å². The summed E-state index contributed by atoms with van der Waals surface area (Å²) in [5.74, 6) is 1.69. The Bertz CT molecular complexity index is 330. The van der Waals surface area contributed by atoms with Crippen LogP contribution in [0.5, 0.6) is 0 Å². The van der Waals surface area contributed by atoms with Crippen LogP contribution in [0, 0.1) is 12.8 Å². The minimum atomic E-state index is 0.671. The predicted molar refractivity (Wildman–Crippen MR) is 65.1 cm³/mol. The molecular formula is C11H22N4. The normalized spacial score (nSPS) is 12.9. The number of hydrogen-bond acceptors (Lipinski definition) is 3. The first-order chi connectivity index (χ1) is 6.97. The van der Waals surface area contributed by atoms with Crippen LogP contribution in [-0.4, -0.2) is 23.4 Å². The van der Waals surface area contributed by atoms with E-state index in [1.54, 1.807) is 0 Å². The number of nitrogens with two attached hydrogens (primary N) is 1. The average molecular weight is 210 g/mol. The maximum atomic E-state index is 6.00. The van der Waals surface area contributed by atoms with E-state index in [1.807, 2.05) is 18.7 Å². The first-order valence-corrected chi connectivity index (χ1v) is 5.47. The fourth-order valence-electron chi connectivity index (χ4n) is 1.80. The third-order valence-corrected chi connectivity index (χ3v) is 2.88. The Morgan fingerprint density at radius 2 is 2.13 bits per heavy atom. The Hall–Kier alpha value is -1.19. The highest BCUT2D eigenvalue weighted by molar-refractivity contribution is 5.65. The van der Waals surface area contributed by atoms with Crippen molar-refractivity contribution in [2.24, 2.45) is 13.0 Å². The Morgan fingerprint density at radius 1 is 1.53 bits per heavy atom. The smallest absolute Gasteiger partial charge is 0.150 e. The molecule has 1 aromatic rings. The monoisotopic (exact) mass is 210 g/mol. The van der Waals surface area contributed by atoms with Gasteiger partial charge in [-0.15, -0.1) is 0 Å². The van der Waals surface area contributed by atoms with Gasteiger partial charge in [-0.3, -0.25) is 4.68 Å². The van der Waals surface area contributed by atoms with E-state index < -0.39 is 0 Å². The molecule has 0 saturated carbocycles. The highest BCUT2D eigenvalue weighted by atomic mass is 15.4. The molecule has 0 aromatic carbocycles. The van der Waals surface area contributed by atoms with E-state index in [9.17, 15) is 0 Å². The molecule has 0 spiro atoms. The minimum absolute atomic E-state index is 0.671. The molecule has 0 aliphatic heterocycles. The van der Waals surface area contributed by atoms with Crippen LogP contribution >= 0.6 is 0 Å². The summed E-state index contributed by atoms with van der Waals surface area (Å²) in [5, 5.41) is 4.31. The van der Waals surface area contributed by atoms with Crippen LogP contribution in [0.2, 0.25) is 0 Å². The molecule has 1 unspecified atom stereocenters. The summed E-state index contributed by atoms with van der Waals surface area (Å²) in [6.45, 7) is 7.40. The van der Waals surface area contributed by atoms with Crippen molar-refractivity contribution in [3.05, 3.63) is 5.69 Å². The zero-order valence-electron chi connectivity index (χ0n) is 10.4. The second-order valence-corrected chi connectivity index (χ2v) is 4.34. The van der Waals surface area contributed by atoms with Gasteiger partial charge in [-0.05, 0) is 12.8 Å². The van der Waals surface area contributed by atoms with Crippen molar-refractivity contribution in [1.29, 1.82) is 0 Å². The lowest BCUT2D eigenvalue weighted by molar-refractivity contribution is 0.552. The third kappa shape index (κ3) is 2.43. The molecule has 1 rings (SSSR count). The molecule has 0 saturated heterocycles. The van der Waals surface area contributed by atoms with Crippen molar-refractivity contribution >= 4 is 11.5 Å².